The lowest BCUT2D eigenvalue weighted by Gasteiger charge is -2.42. The molecule has 0 bridgehead atoms. The van der Waals surface area contributed by atoms with Gasteiger partial charge in [-0.3, -0.25) is 4.90 Å². The number of hydrogen-bond donors (Lipinski definition) is 1. The van der Waals surface area contributed by atoms with Gasteiger partial charge in [0.1, 0.15) is 11.9 Å². The third kappa shape index (κ3) is 3.18. The van der Waals surface area contributed by atoms with Crippen molar-refractivity contribution >= 4 is 5.69 Å². The number of piperidine rings is 1. The smallest absolute Gasteiger partial charge is 0.142 e. The molecule has 1 saturated heterocycles. The topological polar surface area (TPSA) is 24.5 Å². The van der Waals surface area contributed by atoms with Gasteiger partial charge in [0.05, 0.1) is 12.2 Å². The average Bonchev–Trinajstić information content (AvgIpc) is 2.56. The maximum atomic E-state index is 6.14. The molecule has 0 aliphatic carbocycles. The minimum atomic E-state index is 0.274. The Bertz CT molecular complexity index is 460. The molecule has 0 aromatic heterocycles. The SMILES string of the molecule is CCC1(CC)CCN(CC2CNc3ccccc3O2)CC1. The first-order valence-electron chi connectivity index (χ1n) is 8.46. The van der Waals surface area contributed by atoms with Crippen LogP contribution >= 0.6 is 0 Å². The maximum absolute atomic E-state index is 6.14. The first-order chi connectivity index (χ1) is 10.2. The van der Waals surface area contributed by atoms with Crippen molar-refractivity contribution in [3.05, 3.63) is 24.3 Å². The van der Waals surface area contributed by atoms with Gasteiger partial charge in [0.15, 0.2) is 0 Å². The fourth-order valence-corrected chi connectivity index (χ4v) is 3.72. The number of rotatable bonds is 4. The van der Waals surface area contributed by atoms with Gasteiger partial charge in [0, 0.05) is 6.54 Å². The van der Waals surface area contributed by atoms with E-state index in [0.717, 1.165) is 24.5 Å². The molecule has 1 N–H and O–H groups in total. The summed E-state index contributed by atoms with van der Waals surface area (Å²) in [4.78, 5) is 2.59. The van der Waals surface area contributed by atoms with E-state index in [-0.39, 0.29) is 6.10 Å². The molecule has 0 spiro atoms. The van der Waals surface area contributed by atoms with E-state index in [2.05, 4.69) is 42.3 Å². The highest BCUT2D eigenvalue weighted by molar-refractivity contribution is 5.57. The molecule has 1 aromatic rings. The van der Waals surface area contributed by atoms with Crippen molar-refractivity contribution in [2.75, 3.05) is 31.5 Å². The highest BCUT2D eigenvalue weighted by atomic mass is 16.5. The van der Waals surface area contributed by atoms with Gasteiger partial charge in [-0.2, -0.15) is 0 Å². The van der Waals surface area contributed by atoms with Crippen LogP contribution in [0.2, 0.25) is 0 Å². The second kappa shape index (κ2) is 6.27. The number of anilines is 1. The van der Waals surface area contributed by atoms with Gasteiger partial charge in [0.2, 0.25) is 0 Å². The van der Waals surface area contributed by atoms with Gasteiger partial charge in [0.25, 0.3) is 0 Å². The number of benzene rings is 1. The van der Waals surface area contributed by atoms with Gasteiger partial charge in [-0.05, 0) is 43.5 Å². The molecule has 1 fully saturated rings. The van der Waals surface area contributed by atoms with Crippen molar-refractivity contribution in [2.24, 2.45) is 5.41 Å². The molecule has 3 heteroatoms. The van der Waals surface area contributed by atoms with E-state index in [4.69, 9.17) is 4.74 Å². The Morgan fingerprint density at radius 2 is 1.90 bits per heavy atom. The van der Waals surface area contributed by atoms with Crippen molar-refractivity contribution in [1.82, 2.24) is 4.90 Å². The summed E-state index contributed by atoms with van der Waals surface area (Å²) in [6.45, 7) is 9.12. The van der Waals surface area contributed by atoms with Gasteiger partial charge in [-0.15, -0.1) is 0 Å². The molecule has 2 aliphatic heterocycles. The predicted molar refractivity (Wildman–Crippen MR) is 88.0 cm³/mol. The molecule has 116 valence electrons. The normalized spacial score (nSPS) is 24.8. The van der Waals surface area contributed by atoms with Crippen molar-refractivity contribution in [2.45, 2.75) is 45.6 Å². The zero-order valence-electron chi connectivity index (χ0n) is 13.4. The Morgan fingerprint density at radius 3 is 2.62 bits per heavy atom. The second-order valence-electron chi connectivity index (χ2n) is 6.62. The third-order valence-electron chi connectivity index (χ3n) is 5.58. The zero-order valence-corrected chi connectivity index (χ0v) is 13.4. The first-order valence-corrected chi connectivity index (χ1v) is 8.46. The summed E-state index contributed by atoms with van der Waals surface area (Å²) >= 11 is 0. The summed E-state index contributed by atoms with van der Waals surface area (Å²) in [5.41, 5.74) is 1.73. The highest BCUT2D eigenvalue weighted by Crippen LogP contribution is 2.38. The van der Waals surface area contributed by atoms with E-state index in [9.17, 15) is 0 Å². The summed E-state index contributed by atoms with van der Waals surface area (Å²) in [5.74, 6) is 1.00. The molecule has 1 atom stereocenters. The molecule has 0 amide bonds. The minimum Gasteiger partial charge on any atom is -0.485 e. The summed E-state index contributed by atoms with van der Waals surface area (Å²) in [6.07, 6.45) is 5.61. The number of hydrogen-bond acceptors (Lipinski definition) is 3. The number of fused-ring (bicyclic) bond motifs is 1. The van der Waals surface area contributed by atoms with Crippen LogP contribution in [0.3, 0.4) is 0 Å². The third-order valence-corrected chi connectivity index (χ3v) is 5.58. The standard InChI is InChI=1S/C18H28N2O/c1-3-18(4-2)9-11-20(12-10-18)14-15-13-19-16-7-5-6-8-17(16)21-15/h5-8,15,19H,3-4,9-14H2,1-2H3. The Kier molecular flexibility index (Phi) is 4.39. The van der Waals surface area contributed by atoms with Gasteiger partial charge in [-0.25, -0.2) is 0 Å². The number of para-hydroxylation sites is 2. The van der Waals surface area contributed by atoms with Crippen LogP contribution < -0.4 is 10.1 Å². The molecule has 2 aliphatic rings. The largest absolute Gasteiger partial charge is 0.485 e. The second-order valence-corrected chi connectivity index (χ2v) is 6.62. The molecule has 1 unspecified atom stereocenters. The van der Waals surface area contributed by atoms with Gasteiger partial charge < -0.3 is 10.1 Å². The van der Waals surface area contributed by atoms with Crippen LogP contribution in [0, 0.1) is 5.41 Å². The number of ether oxygens (including phenoxy) is 1. The first kappa shape index (κ1) is 14.7. The van der Waals surface area contributed by atoms with Crippen LogP contribution in [0.4, 0.5) is 5.69 Å². The Labute approximate surface area is 128 Å². The maximum Gasteiger partial charge on any atom is 0.142 e. The van der Waals surface area contributed by atoms with E-state index in [0.29, 0.717) is 5.41 Å². The minimum absolute atomic E-state index is 0.274. The van der Waals surface area contributed by atoms with Crippen LogP contribution in [0.1, 0.15) is 39.5 Å². The van der Waals surface area contributed by atoms with Gasteiger partial charge in [-0.1, -0.05) is 38.8 Å². The van der Waals surface area contributed by atoms with Crippen molar-refractivity contribution in [3.63, 3.8) is 0 Å². The molecular weight excluding hydrogens is 260 g/mol. The van der Waals surface area contributed by atoms with E-state index < -0.39 is 0 Å². The summed E-state index contributed by atoms with van der Waals surface area (Å²) in [5, 5.41) is 3.49. The van der Waals surface area contributed by atoms with Crippen molar-refractivity contribution < 1.29 is 4.74 Å². The average molecular weight is 288 g/mol. The highest BCUT2D eigenvalue weighted by Gasteiger charge is 2.32. The van der Waals surface area contributed by atoms with Gasteiger partial charge >= 0.3 is 0 Å². The van der Waals surface area contributed by atoms with E-state index in [1.807, 2.05) is 6.07 Å². The molecule has 3 nitrogen and oxygen atoms in total. The summed E-state index contributed by atoms with van der Waals surface area (Å²) < 4.78 is 6.14. The molecule has 0 saturated carbocycles. The zero-order chi connectivity index (χ0) is 14.7. The quantitative estimate of drug-likeness (QED) is 0.913. The molecule has 2 heterocycles. The van der Waals surface area contributed by atoms with E-state index >= 15 is 0 Å². The van der Waals surface area contributed by atoms with Crippen molar-refractivity contribution in [1.29, 1.82) is 0 Å². The molecule has 1 aromatic carbocycles. The van der Waals surface area contributed by atoms with E-state index in [1.54, 1.807) is 0 Å². The number of likely N-dealkylation sites (tertiary alicyclic amines) is 1. The number of nitrogens with zero attached hydrogens (tertiary/aromatic N) is 1. The van der Waals surface area contributed by atoms with Crippen LogP contribution in [-0.2, 0) is 0 Å². The fourth-order valence-electron chi connectivity index (χ4n) is 3.72. The fraction of sp³-hybridized carbons (Fsp3) is 0.667. The molecule has 3 rings (SSSR count). The number of nitrogens with one attached hydrogen (secondary N) is 1. The van der Waals surface area contributed by atoms with E-state index in [1.165, 1.54) is 38.8 Å². The summed E-state index contributed by atoms with van der Waals surface area (Å²) in [7, 11) is 0. The molecular formula is C18H28N2O. The monoisotopic (exact) mass is 288 g/mol. The molecule has 0 radical (unpaired) electrons. The van der Waals surface area contributed by atoms with Crippen LogP contribution in [-0.4, -0.2) is 37.2 Å². The summed E-state index contributed by atoms with van der Waals surface area (Å²) in [6, 6.07) is 8.24. The molecule has 21 heavy (non-hydrogen) atoms. The van der Waals surface area contributed by atoms with Crippen LogP contribution in [0.25, 0.3) is 0 Å². The Morgan fingerprint density at radius 1 is 1.19 bits per heavy atom. The lowest BCUT2D eigenvalue weighted by atomic mass is 9.74. The predicted octanol–water partition coefficient (Wildman–Crippen LogP) is 3.76. The lowest BCUT2D eigenvalue weighted by molar-refractivity contribution is 0.0635. The van der Waals surface area contributed by atoms with Crippen LogP contribution in [0.15, 0.2) is 24.3 Å². The van der Waals surface area contributed by atoms with Crippen LogP contribution in [0.5, 0.6) is 5.75 Å². The lowest BCUT2D eigenvalue weighted by Crippen LogP contribution is -2.46. The van der Waals surface area contributed by atoms with Crippen molar-refractivity contribution in [3.8, 4) is 5.75 Å². The Balaban J connectivity index is 1.53. The Hall–Kier alpha value is -1.22.